The van der Waals surface area contributed by atoms with Crippen LogP contribution in [0.25, 0.3) is 0 Å². The summed E-state index contributed by atoms with van der Waals surface area (Å²) in [7, 11) is -1.49. The van der Waals surface area contributed by atoms with Crippen LogP contribution in [0.1, 0.15) is 23.2 Å². The minimum Gasteiger partial charge on any atom is -0.339 e. The van der Waals surface area contributed by atoms with Crippen LogP contribution in [0.2, 0.25) is 0 Å². The third kappa shape index (κ3) is 5.96. The number of sulfone groups is 1. The number of rotatable bonds is 6. The summed E-state index contributed by atoms with van der Waals surface area (Å²) in [4.78, 5) is 28.3. The summed E-state index contributed by atoms with van der Waals surface area (Å²) in [6, 6.07) is 6.08. The summed E-state index contributed by atoms with van der Waals surface area (Å²) < 4.78 is 23.3. The van der Waals surface area contributed by atoms with E-state index in [1.165, 1.54) is 12.1 Å². The summed E-state index contributed by atoms with van der Waals surface area (Å²) in [6.45, 7) is 2.74. The van der Waals surface area contributed by atoms with Crippen molar-refractivity contribution >= 4 is 34.1 Å². The molecule has 1 aromatic carbocycles. The number of carbonyl (C=O) groups excluding carboxylic acids is 2. The Morgan fingerprint density at radius 2 is 1.73 bits per heavy atom. The average Bonchev–Trinajstić information content (AvgIpc) is 2.61. The molecule has 7 nitrogen and oxygen atoms in total. The number of piperazine rings is 1. The highest BCUT2D eigenvalue weighted by atomic mass is 35.5. The maximum absolute atomic E-state index is 12.6. The summed E-state index contributed by atoms with van der Waals surface area (Å²) in [5, 5.41) is 3.01. The van der Waals surface area contributed by atoms with Crippen LogP contribution in [0.15, 0.2) is 29.2 Å². The molecule has 0 bridgehead atoms. The normalized spacial score (nSPS) is 14.7. The second-order valence-corrected chi connectivity index (χ2v) is 8.20. The third-order valence-corrected chi connectivity index (χ3v) is 5.36. The number of hydrogen-bond donors (Lipinski definition) is 1. The Labute approximate surface area is 161 Å². The molecule has 9 heteroatoms. The van der Waals surface area contributed by atoms with Gasteiger partial charge in [-0.2, -0.15) is 0 Å². The van der Waals surface area contributed by atoms with Crippen LogP contribution in [-0.4, -0.2) is 76.1 Å². The van der Waals surface area contributed by atoms with E-state index in [2.05, 4.69) is 5.32 Å². The minimum absolute atomic E-state index is 0. The SMILES string of the molecule is CNCCCC(=O)N1CCN(C(=O)c2cccc(S(C)(=O)=O)c2)CC1.Cl. The van der Waals surface area contributed by atoms with Gasteiger partial charge in [0, 0.05) is 44.4 Å². The molecule has 1 aromatic rings. The highest BCUT2D eigenvalue weighted by molar-refractivity contribution is 7.90. The smallest absolute Gasteiger partial charge is 0.254 e. The van der Waals surface area contributed by atoms with Gasteiger partial charge in [0.1, 0.15) is 0 Å². The molecule has 0 aliphatic carbocycles. The third-order valence-electron chi connectivity index (χ3n) is 4.25. The summed E-state index contributed by atoms with van der Waals surface area (Å²) >= 11 is 0. The molecule has 26 heavy (non-hydrogen) atoms. The zero-order chi connectivity index (χ0) is 18.4. The monoisotopic (exact) mass is 403 g/mol. The molecule has 0 radical (unpaired) electrons. The van der Waals surface area contributed by atoms with Gasteiger partial charge in [0.05, 0.1) is 4.90 Å². The van der Waals surface area contributed by atoms with Crippen LogP contribution in [0, 0.1) is 0 Å². The number of carbonyl (C=O) groups is 2. The van der Waals surface area contributed by atoms with Gasteiger partial charge in [-0.3, -0.25) is 9.59 Å². The first-order chi connectivity index (χ1) is 11.8. The number of benzene rings is 1. The van der Waals surface area contributed by atoms with Gasteiger partial charge in [0.15, 0.2) is 9.84 Å². The largest absolute Gasteiger partial charge is 0.339 e. The number of nitrogens with one attached hydrogen (secondary N) is 1. The van der Waals surface area contributed by atoms with Crippen LogP contribution in [0.4, 0.5) is 0 Å². The Kier molecular flexibility index (Phi) is 8.52. The van der Waals surface area contributed by atoms with E-state index in [1.807, 2.05) is 7.05 Å². The maximum atomic E-state index is 12.6. The molecule has 2 amide bonds. The highest BCUT2D eigenvalue weighted by Crippen LogP contribution is 2.15. The molecule has 1 heterocycles. The van der Waals surface area contributed by atoms with Crippen molar-refractivity contribution in [2.24, 2.45) is 0 Å². The van der Waals surface area contributed by atoms with E-state index in [4.69, 9.17) is 0 Å². The second-order valence-electron chi connectivity index (χ2n) is 6.18. The first-order valence-corrected chi connectivity index (χ1v) is 10.2. The fraction of sp³-hybridized carbons (Fsp3) is 0.529. The number of halogens is 1. The fourth-order valence-electron chi connectivity index (χ4n) is 2.78. The van der Waals surface area contributed by atoms with Crippen LogP contribution in [0.5, 0.6) is 0 Å². The van der Waals surface area contributed by atoms with Gasteiger partial charge in [-0.25, -0.2) is 8.42 Å². The molecule has 1 aliphatic heterocycles. The van der Waals surface area contributed by atoms with E-state index in [0.29, 0.717) is 38.2 Å². The predicted molar refractivity (Wildman–Crippen MR) is 102 cm³/mol. The van der Waals surface area contributed by atoms with Gasteiger partial charge in [-0.15, -0.1) is 12.4 Å². The summed E-state index contributed by atoms with van der Waals surface area (Å²) in [6.07, 6.45) is 2.42. The van der Waals surface area contributed by atoms with E-state index >= 15 is 0 Å². The molecule has 0 atom stereocenters. The molecule has 1 aliphatic rings. The first kappa shape index (κ1) is 22.4. The molecular weight excluding hydrogens is 378 g/mol. The lowest BCUT2D eigenvalue weighted by molar-refractivity contribution is -0.132. The van der Waals surface area contributed by atoms with Crippen molar-refractivity contribution in [2.45, 2.75) is 17.7 Å². The van der Waals surface area contributed by atoms with E-state index in [9.17, 15) is 18.0 Å². The van der Waals surface area contributed by atoms with E-state index in [1.54, 1.807) is 21.9 Å². The molecule has 2 rings (SSSR count). The Morgan fingerprint density at radius 3 is 2.31 bits per heavy atom. The minimum atomic E-state index is -3.35. The molecule has 0 aromatic heterocycles. The molecular formula is C17H26ClN3O4S. The van der Waals surface area contributed by atoms with Crippen molar-refractivity contribution in [3.63, 3.8) is 0 Å². The Hall–Kier alpha value is -1.64. The lowest BCUT2D eigenvalue weighted by Crippen LogP contribution is -2.50. The van der Waals surface area contributed by atoms with Gasteiger partial charge in [-0.1, -0.05) is 6.07 Å². The van der Waals surface area contributed by atoms with E-state index in [0.717, 1.165) is 19.2 Å². The molecule has 1 saturated heterocycles. The summed E-state index contributed by atoms with van der Waals surface area (Å²) in [5.74, 6) is -0.0887. The number of amides is 2. The molecule has 0 saturated carbocycles. The predicted octanol–water partition coefficient (Wildman–Crippen LogP) is 0.796. The van der Waals surface area contributed by atoms with Gasteiger partial charge in [-0.05, 0) is 38.2 Å². The van der Waals surface area contributed by atoms with Crippen LogP contribution < -0.4 is 5.32 Å². The van der Waals surface area contributed by atoms with Gasteiger partial charge in [0.25, 0.3) is 5.91 Å². The zero-order valence-electron chi connectivity index (χ0n) is 15.1. The Bertz CT molecular complexity index is 731. The molecule has 1 N–H and O–H groups in total. The van der Waals surface area contributed by atoms with E-state index < -0.39 is 9.84 Å². The van der Waals surface area contributed by atoms with Crippen molar-refractivity contribution in [1.29, 1.82) is 0 Å². The quantitative estimate of drug-likeness (QED) is 0.710. The first-order valence-electron chi connectivity index (χ1n) is 8.34. The van der Waals surface area contributed by atoms with Crippen molar-refractivity contribution in [1.82, 2.24) is 15.1 Å². The Balaban J connectivity index is 0.00000338. The summed E-state index contributed by atoms with van der Waals surface area (Å²) in [5.41, 5.74) is 0.358. The number of hydrogen-bond acceptors (Lipinski definition) is 5. The maximum Gasteiger partial charge on any atom is 0.254 e. The average molecular weight is 404 g/mol. The van der Waals surface area contributed by atoms with E-state index in [-0.39, 0.29) is 29.1 Å². The standard InChI is InChI=1S/C17H25N3O4S.ClH/c1-18-8-4-7-16(21)19-9-11-20(12-10-19)17(22)14-5-3-6-15(13-14)25(2,23)24;/h3,5-6,13,18H,4,7-12H2,1-2H3;1H. The lowest BCUT2D eigenvalue weighted by Gasteiger charge is -2.35. The second kappa shape index (κ2) is 9.89. The van der Waals surface area contributed by atoms with Gasteiger partial charge >= 0.3 is 0 Å². The van der Waals surface area contributed by atoms with Crippen LogP contribution in [0.3, 0.4) is 0 Å². The molecule has 146 valence electrons. The molecule has 0 unspecified atom stereocenters. The van der Waals surface area contributed by atoms with Gasteiger partial charge < -0.3 is 15.1 Å². The Morgan fingerprint density at radius 1 is 1.12 bits per heavy atom. The van der Waals surface area contributed by atoms with Crippen LogP contribution in [-0.2, 0) is 14.6 Å². The van der Waals surface area contributed by atoms with Gasteiger partial charge in [0.2, 0.25) is 5.91 Å². The highest BCUT2D eigenvalue weighted by Gasteiger charge is 2.25. The van der Waals surface area contributed by atoms with Crippen molar-refractivity contribution < 1.29 is 18.0 Å². The molecule has 0 spiro atoms. The topological polar surface area (TPSA) is 86.8 Å². The van der Waals surface area contributed by atoms with Crippen LogP contribution >= 0.6 is 12.4 Å². The van der Waals surface area contributed by atoms with Crippen molar-refractivity contribution in [2.75, 3.05) is 46.0 Å². The fourth-order valence-corrected chi connectivity index (χ4v) is 3.44. The molecule has 1 fully saturated rings. The lowest BCUT2D eigenvalue weighted by atomic mass is 10.1. The van der Waals surface area contributed by atoms with Crippen molar-refractivity contribution in [3.05, 3.63) is 29.8 Å². The van der Waals surface area contributed by atoms with Crippen molar-refractivity contribution in [3.8, 4) is 0 Å². The zero-order valence-corrected chi connectivity index (χ0v) is 16.7. The number of nitrogens with zero attached hydrogens (tertiary/aromatic N) is 2.